The van der Waals surface area contributed by atoms with E-state index in [1.54, 1.807) is 24.3 Å². The van der Waals surface area contributed by atoms with E-state index in [0.717, 1.165) is 5.56 Å². The lowest BCUT2D eigenvalue weighted by atomic mass is 10.2. The van der Waals surface area contributed by atoms with Crippen LogP contribution >= 0.6 is 11.6 Å². The minimum atomic E-state index is -0.843. The third-order valence-corrected chi connectivity index (χ3v) is 4.13. The number of aromatic hydroxyl groups is 1. The Morgan fingerprint density at radius 1 is 0.966 bits per heavy atom. The van der Waals surface area contributed by atoms with Gasteiger partial charge in [-0.15, -0.1) is 0 Å². The monoisotopic (exact) mass is 411 g/mol. The van der Waals surface area contributed by atoms with Gasteiger partial charge in [0.2, 0.25) is 0 Å². The summed E-state index contributed by atoms with van der Waals surface area (Å²) in [5, 5.41) is 12.6. The Balaban J connectivity index is 1.47. The van der Waals surface area contributed by atoms with Crippen LogP contribution in [0.4, 0.5) is 5.69 Å². The number of ether oxygens (including phenoxy) is 2. The van der Waals surface area contributed by atoms with Gasteiger partial charge in [-0.05, 0) is 48.0 Å². The first-order chi connectivity index (χ1) is 14.0. The van der Waals surface area contributed by atoms with Crippen molar-refractivity contribution in [1.29, 1.82) is 0 Å². The largest absolute Gasteiger partial charge is 0.507 e. The summed E-state index contributed by atoms with van der Waals surface area (Å²) >= 11 is 5.79. The lowest BCUT2D eigenvalue weighted by Crippen LogP contribution is -2.21. The first-order valence-corrected chi connectivity index (χ1v) is 9.11. The van der Waals surface area contributed by atoms with Crippen molar-refractivity contribution in [2.24, 2.45) is 0 Å². The van der Waals surface area contributed by atoms with Crippen molar-refractivity contribution in [2.45, 2.75) is 6.61 Å². The Hall–Kier alpha value is -3.51. The molecule has 3 rings (SSSR count). The number of carbonyl (C=O) groups excluding carboxylic acids is 2. The SMILES string of the molecule is O=C(COC(=O)c1cc(Cl)ccc1O)Nc1ccc(OCc2ccccc2)cc1. The standard InChI is InChI=1S/C22H18ClNO5/c23-16-6-11-20(25)19(12-16)22(27)29-14-21(26)24-17-7-9-18(10-8-17)28-13-15-4-2-1-3-5-15/h1-12,25H,13-14H2,(H,24,26). The van der Waals surface area contributed by atoms with Crippen molar-refractivity contribution in [3.05, 3.63) is 88.9 Å². The molecule has 0 aliphatic carbocycles. The molecule has 0 bridgehead atoms. The zero-order valence-corrected chi connectivity index (χ0v) is 16.1. The maximum atomic E-state index is 12.0. The van der Waals surface area contributed by atoms with Gasteiger partial charge in [0, 0.05) is 10.7 Å². The van der Waals surface area contributed by atoms with Gasteiger partial charge in [0.1, 0.15) is 23.7 Å². The van der Waals surface area contributed by atoms with Crippen LogP contribution < -0.4 is 10.1 Å². The summed E-state index contributed by atoms with van der Waals surface area (Å²) in [7, 11) is 0. The highest BCUT2D eigenvalue weighted by atomic mass is 35.5. The molecule has 0 radical (unpaired) electrons. The van der Waals surface area contributed by atoms with Crippen molar-refractivity contribution in [1.82, 2.24) is 0 Å². The van der Waals surface area contributed by atoms with Gasteiger partial charge < -0.3 is 19.9 Å². The van der Waals surface area contributed by atoms with E-state index in [-0.39, 0.29) is 16.3 Å². The number of esters is 1. The Morgan fingerprint density at radius 2 is 1.69 bits per heavy atom. The lowest BCUT2D eigenvalue weighted by molar-refractivity contribution is -0.119. The fourth-order valence-corrected chi connectivity index (χ4v) is 2.63. The molecule has 0 saturated carbocycles. The van der Waals surface area contributed by atoms with Gasteiger partial charge in [-0.1, -0.05) is 41.9 Å². The minimum Gasteiger partial charge on any atom is -0.507 e. The van der Waals surface area contributed by atoms with Gasteiger partial charge in [0.25, 0.3) is 5.91 Å². The number of phenolic OH excluding ortho intramolecular Hbond substituents is 1. The third kappa shape index (κ3) is 5.99. The average molecular weight is 412 g/mol. The molecular weight excluding hydrogens is 394 g/mol. The zero-order valence-electron chi connectivity index (χ0n) is 15.3. The number of rotatable bonds is 7. The van der Waals surface area contributed by atoms with Crippen LogP contribution in [-0.2, 0) is 16.1 Å². The highest BCUT2D eigenvalue weighted by Crippen LogP contribution is 2.22. The second kappa shape index (κ2) is 9.61. The number of benzene rings is 3. The summed E-state index contributed by atoms with van der Waals surface area (Å²) in [5.74, 6) is -0.969. The highest BCUT2D eigenvalue weighted by molar-refractivity contribution is 6.31. The maximum absolute atomic E-state index is 12.0. The summed E-state index contributed by atoms with van der Waals surface area (Å²) in [6.45, 7) is -0.0596. The number of amides is 1. The van der Waals surface area contributed by atoms with Crippen molar-refractivity contribution in [2.75, 3.05) is 11.9 Å². The lowest BCUT2D eigenvalue weighted by Gasteiger charge is -2.09. The molecular formula is C22H18ClNO5. The third-order valence-electron chi connectivity index (χ3n) is 3.90. The van der Waals surface area contributed by atoms with Gasteiger partial charge in [0.05, 0.1) is 0 Å². The predicted molar refractivity (Wildman–Crippen MR) is 109 cm³/mol. The Kier molecular flexibility index (Phi) is 6.71. The number of anilines is 1. The van der Waals surface area contributed by atoms with Crippen LogP contribution in [0.3, 0.4) is 0 Å². The Bertz CT molecular complexity index is 990. The van der Waals surface area contributed by atoms with E-state index in [1.807, 2.05) is 30.3 Å². The van der Waals surface area contributed by atoms with E-state index in [4.69, 9.17) is 21.1 Å². The van der Waals surface area contributed by atoms with Crippen LogP contribution in [0.2, 0.25) is 5.02 Å². The molecule has 2 N–H and O–H groups in total. The molecule has 0 aliphatic rings. The highest BCUT2D eigenvalue weighted by Gasteiger charge is 2.15. The van der Waals surface area contributed by atoms with E-state index >= 15 is 0 Å². The van der Waals surface area contributed by atoms with Gasteiger partial charge in [-0.3, -0.25) is 4.79 Å². The molecule has 0 aliphatic heterocycles. The quantitative estimate of drug-likeness (QED) is 0.562. The van der Waals surface area contributed by atoms with Crippen molar-refractivity contribution < 1.29 is 24.2 Å². The molecule has 0 spiro atoms. The molecule has 3 aromatic rings. The maximum Gasteiger partial charge on any atom is 0.342 e. The number of hydrogen-bond acceptors (Lipinski definition) is 5. The van der Waals surface area contributed by atoms with Gasteiger partial charge >= 0.3 is 5.97 Å². The summed E-state index contributed by atoms with van der Waals surface area (Å²) in [6.07, 6.45) is 0. The summed E-state index contributed by atoms with van der Waals surface area (Å²) in [4.78, 5) is 24.0. The van der Waals surface area contributed by atoms with Crippen LogP contribution in [0.25, 0.3) is 0 Å². The van der Waals surface area contributed by atoms with Gasteiger partial charge in [-0.2, -0.15) is 0 Å². The first-order valence-electron chi connectivity index (χ1n) is 8.73. The number of hydrogen-bond donors (Lipinski definition) is 2. The fraction of sp³-hybridized carbons (Fsp3) is 0.0909. The van der Waals surface area contributed by atoms with Gasteiger partial charge in [0.15, 0.2) is 6.61 Å². The van der Waals surface area contributed by atoms with Crippen LogP contribution in [0.5, 0.6) is 11.5 Å². The molecule has 0 fully saturated rings. The van der Waals surface area contributed by atoms with Crippen molar-refractivity contribution in [3.8, 4) is 11.5 Å². The number of halogens is 1. The molecule has 7 heteroatoms. The van der Waals surface area contributed by atoms with Crippen LogP contribution in [0.15, 0.2) is 72.8 Å². The molecule has 1 amide bonds. The second-order valence-corrected chi connectivity index (χ2v) is 6.52. The second-order valence-electron chi connectivity index (χ2n) is 6.08. The minimum absolute atomic E-state index is 0.106. The van der Waals surface area contributed by atoms with Crippen LogP contribution in [0.1, 0.15) is 15.9 Å². The molecule has 0 heterocycles. The number of carbonyl (C=O) groups is 2. The van der Waals surface area contributed by atoms with E-state index in [9.17, 15) is 14.7 Å². The van der Waals surface area contributed by atoms with Gasteiger partial charge in [-0.25, -0.2) is 4.79 Å². The topological polar surface area (TPSA) is 84.9 Å². The average Bonchev–Trinajstić information content (AvgIpc) is 2.74. The Morgan fingerprint density at radius 3 is 2.41 bits per heavy atom. The smallest absolute Gasteiger partial charge is 0.342 e. The summed E-state index contributed by atoms with van der Waals surface area (Å²) in [5.41, 5.74) is 1.48. The van der Waals surface area contributed by atoms with Crippen molar-refractivity contribution in [3.63, 3.8) is 0 Å². The molecule has 0 aromatic heterocycles. The summed E-state index contributed by atoms with van der Waals surface area (Å²) < 4.78 is 10.6. The number of nitrogens with one attached hydrogen (secondary N) is 1. The zero-order chi connectivity index (χ0) is 20.6. The van der Waals surface area contributed by atoms with Crippen LogP contribution in [0, 0.1) is 0 Å². The van der Waals surface area contributed by atoms with Crippen molar-refractivity contribution >= 4 is 29.2 Å². The molecule has 6 nitrogen and oxygen atoms in total. The normalized spacial score (nSPS) is 10.2. The first kappa shape index (κ1) is 20.2. The Labute approximate surface area is 172 Å². The summed E-state index contributed by atoms with van der Waals surface area (Å²) in [6, 6.07) is 20.6. The fourth-order valence-electron chi connectivity index (χ4n) is 2.45. The molecule has 3 aromatic carbocycles. The van der Waals surface area contributed by atoms with E-state index < -0.39 is 18.5 Å². The molecule has 148 valence electrons. The predicted octanol–water partition coefficient (Wildman–Crippen LogP) is 4.42. The van der Waals surface area contributed by atoms with E-state index in [0.29, 0.717) is 18.0 Å². The van der Waals surface area contributed by atoms with E-state index in [1.165, 1.54) is 18.2 Å². The number of phenols is 1. The molecule has 0 saturated heterocycles. The van der Waals surface area contributed by atoms with E-state index in [2.05, 4.69) is 5.32 Å². The molecule has 0 atom stereocenters. The van der Waals surface area contributed by atoms with Crippen LogP contribution in [-0.4, -0.2) is 23.6 Å². The molecule has 29 heavy (non-hydrogen) atoms. The molecule has 0 unspecified atom stereocenters.